The van der Waals surface area contributed by atoms with E-state index in [0.717, 1.165) is 42.7 Å². The van der Waals surface area contributed by atoms with Crippen LogP contribution in [0.4, 0.5) is 0 Å². The number of fused-ring (bicyclic) bond motifs is 1. The normalized spacial score (nSPS) is 12.2. The average Bonchev–Trinajstić information content (AvgIpc) is 3.24. The predicted octanol–water partition coefficient (Wildman–Crippen LogP) is 6.80. The Kier molecular flexibility index (Phi) is 9.60. The molecule has 0 saturated carbocycles. The highest BCUT2D eigenvalue weighted by Gasteiger charge is 2.27. The van der Waals surface area contributed by atoms with Crippen molar-refractivity contribution < 1.29 is 13.2 Å². The van der Waals surface area contributed by atoms with E-state index in [2.05, 4.69) is 23.7 Å². The highest BCUT2D eigenvalue weighted by atomic mass is 32.2. The zero-order chi connectivity index (χ0) is 24.6. The summed E-state index contributed by atoms with van der Waals surface area (Å²) in [6, 6.07) is 14.4. The molecule has 0 aliphatic heterocycles. The van der Waals surface area contributed by atoms with Crippen molar-refractivity contribution in [2.75, 3.05) is 26.2 Å². The van der Waals surface area contributed by atoms with Crippen LogP contribution in [0.3, 0.4) is 0 Å². The van der Waals surface area contributed by atoms with Crippen molar-refractivity contribution in [3.63, 3.8) is 0 Å². The van der Waals surface area contributed by atoms with Gasteiger partial charge < -0.3 is 14.6 Å². The number of H-pyrrole nitrogens is 1. The molecule has 1 heterocycles. The van der Waals surface area contributed by atoms with Crippen LogP contribution in [0, 0.1) is 0 Å². The highest BCUT2D eigenvalue weighted by Crippen LogP contribution is 2.35. The van der Waals surface area contributed by atoms with Crippen molar-refractivity contribution in [3.05, 3.63) is 54.2 Å². The number of hydrogen-bond donors (Lipinski definition) is 1. The molecule has 0 aliphatic rings. The first-order valence-corrected chi connectivity index (χ1v) is 14.2. The lowest BCUT2D eigenvalue weighted by Crippen LogP contribution is -2.28. The fraction of sp³-hybridized carbons (Fsp3) is 0.500. The van der Waals surface area contributed by atoms with Crippen molar-refractivity contribution in [1.29, 1.82) is 0 Å². The maximum absolute atomic E-state index is 13.6. The Morgan fingerprint density at radius 1 is 0.882 bits per heavy atom. The number of nitrogens with zero attached hydrogens (tertiary/aromatic N) is 1. The van der Waals surface area contributed by atoms with Gasteiger partial charge in [-0.25, -0.2) is 8.42 Å². The quantitative estimate of drug-likeness (QED) is 0.256. The van der Waals surface area contributed by atoms with Crippen LogP contribution in [-0.4, -0.2) is 44.5 Å². The minimum absolute atomic E-state index is 0.0639. The van der Waals surface area contributed by atoms with E-state index in [1.807, 2.05) is 38.1 Å². The van der Waals surface area contributed by atoms with E-state index in [1.165, 1.54) is 25.7 Å². The molecule has 3 aromatic rings. The third-order valence-electron chi connectivity index (χ3n) is 6.21. The summed E-state index contributed by atoms with van der Waals surface area (Å²) in [6.45, 7) is 12.4. The third kappa shape index (κ3) is 6.42. The number of sulfone groups is 1. The molecule has 186 valence electrons. The number of para-hydroxylation sites is 1. The molecular formula is C28H40N2O3S. The lowest BCUT2D eigenvalue weighted by molar-refractivity contribution is 0.229. The van der Waals surface area contributed by atoms with Crippen LogP contribution in [0.15, 0.2) is 58.3 Å². The van der Waals surface area contributed by atoms with Gasteiger partial charge in [0.1, 0.15) is 10.6 Å². The summed E-state index contributed by atoms with van der Waals surface area (Å²) in [5, 5.41) is 0.738. The molecule has 0 radical (unpaired) electrons. The van der Waals surface area contributed by atoms with Gasteiger partial charge in [-0.3, -0.25) is 0 Å². The van der Waals surface area contributed by atoms with Crippen LogP contribution >= 0.6 is 0 Å². The molecule has 0 unspecified atom stereocenters. The Balaban J connectivity index is 1.66. The van der Waals surface area contributed by atoms with E-state index in [-0.39, 0.29) is 10.8 Å². The molecule has 1 N–H and O–H groups in total. The molecule has 3 rings (SSSR count). The van der Waals surface area contributed by atoms with Gasteiger partial charge in [0.2, 0.25) is 9.84 Å². The SMILES string of the molecule is CCCCN(CCCC)CCCOc1ccc(S(=O)(=O)c2c(C(C)C)[nH]c3ccccc23)cc1. The Bertz CT molecular complexity index is 1130. The summed E-state index contributed by atoms with van der Waals surface area (Å²) < 4.78 is 33.1. The largest absolute Gasteiger partial charge is 0.494 e. The average molecular weight is 485 g/mol. The molecule has 5 nitrogen and oxygen atoms in total. The van der Waals surface area contributed by atoms with E-state index in [9.17, 15) is 8.42 Å². The number of rotatable bonds is 14. The van der Waals surface area contributed by atoms with E-state index in [4.69, 9.17) is 4.74 Å². The number of nitrogens with one attached hydrogen (secondary N) is 1. The highest BCUT2D eigenvalue weighted by molar-refractivity contribution is 7.91. The molecule has 34 heavy (non-hydrogen) atoms. The lowest BCUT2D eigenvalue weighted by Gasteiger charge is -2.21. The fourth-order valence-electron chi connectivity index (χ4n) is 4.24. The minimum atomic E-state index is -3.66. The van der Waals surface area contributed by atoms with Gasteiger partial charge in [0.25, 0.3) is 0 Å². The Morgan fingerprint density at radius 2 is 1.50 bits per heavy atom. The third-order valence-corrected chi connectivity index (χ3v) is 8.08. The molecule has 0 atom stereocenters. The van der Waals surface area contributed by atoms with Crippen LogP contribution in [0.2, 0.25) is 0 Å². The van der Waals surface area contributed by atoms with Gasteiger partial charge in [-0.1, -0.05) is 58.7 Å². The van der Waals surface area contributed by atoms with Gasteiger partial charge in [0.15, 0.2) is 0 Å². The van der Waals surface area contributed by atoms with E-state index in [0.29, 0.717) is 17.3 Å². The number of hydrogen-bond acceptors (Lipinski definition) is 4. The second-order valence-corrected chi connectivity index (χ2v) is 11.2. The summed E-state index contributed by atoms with van der Waals surface area (Å²) in [7, 11) is -3.66. The van der Waals surface area contributed by atoms with Crippen LogP contribution in [0.5, 0.6) is 5.75 Å². The maximum atomic E-state index is 13.6. The Hall–Kier alpha value is -2.31. The number of ether oxygens (including phenoxy) is 1. The summed E-state index contributed by atoms with van der Waals surface area (Å²) in [5.74, 6) is 0.768. The van der Waals surface area contributed by atoms with E-state index < -0.39 is 9.84 Å². The molecule has 0 aliphatic carbocycles. The second kappa shape index (κ2) is 12.4. The van der Waals surface area contributed by atoms with E-state index in [1.54, 1.807) is 24.3 Å². The van der Waals surface area contributed by atoms with Crippen molar-refractivity contribution in [1.82, 2.24) is 9.88 Å². The summed E-state index contributed by atoms with van der Waals surface area (Å²) in [6.07, 6.45) is 5.85. The van der Waals surface area contributed by atoms with Crippen LogP contribution < -0.4 is 4.74 Å². The van der Waals surface area contributed by atoms with Crippen molar-refractivity contribution >= 4 is 20.7 Å². The smallest absolute Gasteiger partial charge is 0.208 e. The fourth-order valence-corrected chi connectivity index (χ4v) is 6.02. The molecule has 1 aromatic heterocycles. The van der Waals surface area contributed by atoms with Crippen molar-refractivity contribution in [2.24, 2.45) is 0 Å². The second-order valence-electron chi connectivity index (χ2n) is 9.29. The molecule has 6 heteroatoms. The summed E-state index contributed by atoms with van der Waals surface area (Å²) in [5.41, 5.74) is 1.59. The van der Waals surface area contributed by atoms with Crippen LogP contribution in [0.25, 0.3) is 10.9 Å². The number of unbranched alkanes of at least 4 members (excludes halogenated alkanes) is 2. The predicted molar refractivity (Wildman–Crippen MR) is 141 cm³/mol. The van der Waals surface area contributed by atoms with Gasteiger partial charge in [-0.2, -0.15) is 0 Å². The van der Waals surface area contributed by atoms with Crippen LogP contribution in [0.1, 0.15) is 71.4 Å². The summed E-state index contributed by atoms with van der Waals surface area (Å²) >= 11 is 0. The Labute approximate surface area is 205 Å². The molecule has 2 aromatic carbocycles. The van der Waals surface area contributed by atoms with Gasteiger partial charge in [0.05, 0.1) is 11.5 Å². The molecule has 0 saturated heterocycles. The van der Waals surface area contributed by atoms with E-state index >= 15 is 0 Å². The van der Waals surface area contributed by atoms with Crippen molar-refractivity contribution in [3.8, 4) is 5.75 Å². The number of benzene rings is 2. The minimum Gasteiger partial charge on any atom is -0.494 e. The molecule has 0 bridgehead atoms. The van der Waals surface area contributed by atoms with Gasteiger partial charge in [-0.05, 0) is 68.6 Å². The first-order chi connectivity index (χ1) is 16.4. The molecule has 0 fully saturated rings. The number of aromatic amines is 1. The lowest BCUT2D eigenvalue weighted by atomic mass is 10.1. The first-order valence-electron chi connectivity index (χ1n) is 12.7. The van der Waals surface area contributed by atoms with Crippen molar-refractivity contribution in [2.45, 2.75) is 75.5 Å². The van der Waals surface area contributed by atoms with Gasteiger partial charge in [0, 0.05) is 23.1 Å². The molecule has 0 spiro atoms. The maximum Gasteiger partial charge on any atom is 0.208 e. The van der Waals surface area contributed by atoms with Crippen LogP contribution in [-0.2, 0) is 9.84 Å². The molecular weight excluding hydrogens is 444 g/mol. The topological polar surface area (TPSA) is 62.4 Å². The first kappa shape index (κ1) is 26.3. The Morgan fingerprint density at radius 3 is 2.12 bits per heavy atom. The summed E-state index contributed by atoms with van der Waals surface area (Å²) in [4.78, 5) is 6.51. The monoisotopic (exact) mass is 484 g/mol. The standard InChI is InChI=1S/C28H40N2O3S/c1-5-7-18-30(19-8-6-2)20-11-21-33-23-14-16-24(17-15-23)34(31,32)28-25-12-9-10-13-26(25)29-27(28)22(3)4/h9-10,12-17,22,29H,5-8,11,18-21H2,1-4H3. The van der Waals surface area contributed by atoms with Gasteiger partial charge >= 0.3 is 0 Å². The number of aromatic nitrogens is 1. The zero-order valence-corrected chi connectivity index (χ0v) is 22.0. The van der Waals surface area contributed by atoms with Gasteiger partial charge in [-0.15, -0.1) is 0 Å². The zero-order valence-electron chi connectivity index (χ0n) is 21.1. The molecule has 0 amide bonds.